The van der Waals surface area contributed by atoms with E-state index in [2.05, 4.69) is 0 Å². The van der Waals surface area contributed by atoms with Gasteiger partial charge < -0.3 is 19.7 Å². The van der Waals surface area contributed by atoms with Gasteiger partial charge in [0.2, 0.25) is 0 Å². The maximum atomic E-state index is 12.0. The third-order valence-corrected chi connectivity index (χ3v) is 2.86. The van der Waals surface area contributed by atoms with Crippen molar-refractivity contribution in [3.05, 3.63) is 45.1 Å². The normalized spacial score (nSPS) is 13.4. The van der Waals surface area contributed by atoms with Crippen molar-refractivity contribution in [3.63, 3.8) is 0 Å². The smallest absolute Gasteiger partial charge is 0.196 e. The molecule has 0 saturated heterocycles. The van der Waals surface area contributed by atoms with Crippen LogP contribution in [0.2, 0.25) is 0 Å². The number of aromatic hydroxyl groups is 2. The summed E-state index contributed by atoms with van der Waals surface area (Å²) in [5.41, 5.74) is 0.314. The molecule has 20 heavy (non-hydrogen) atoms. The molecule has 2 aromatic rings. The van der Waals surface area contributed by atoms with Crippen LogP contribution in [0.1, 0.15) is 13.8 Å². The summed E-state index contributed by atoms with van der Waals surface area (Å²) in [6.45, 7) is 3.09. The van der Waals surface area contributed by atoms with Gasteiger partial charge in [0.05, 0.1) is 0 Å². The maximum Gasteiger partial charge on any atom is 0.196 e. The molecule has 1 aromatic heterocycles. The number of phenolic OH excluding ortho intramolecular Hbond substituents is 2. The van der Waals surface area contributed by atoms with Crippen molar-refractivity contribution in [3.8, 4) is 22.8 Å². The Labute approximate surface area is 114 Å². The lowest BCUT2D eigenvalue weighted by Crippen LogP contribution is -2.39. The number of rotatable bonds is 1. The van der Waals surface area contributed by atoms with Crippen molar-refractivity contribution in [2.75, 3.05) is 0 Å². The SMILES string of the molecule is C/C=c1/oc(-c2ccc(O)c(O)c2)cc(=O)/c1=C(/C)O. The number of aliphatic hydroxyl groups is 1. The summed E-state index contributed by atoms with van der Waals surface area (Å²) in [6.07, 6.45) is 1.57. The third kappa shape index (κ3) is 2.38. The lowest BCUT2D eigenvalue weighted by molar-refractivity contribution is 0.403. The molecule has 0 aliphatic carbocycles. The highest BCUT2D eigenvalue weighted by atomic mass is 16.3. The van der Waals surface area contributed by atoms with E-state index in [1.165, 1.54) is 31.2 Å². The first-order valence-corrected chi connectivity index (χ1v) is 5.96. The first kappa shape index (κ1) is 13.7. The summed E-state index contributed by atoms with van der Waals surface area (Å²) >= 11 is 0. The van der Waals surface area contributed by atoms with E-state index in [9.17, 15) is 20.1 Å². The van der Waals surface area contributed by atoms with Gasteiger partial charge in [0.25, 0.3) is 0 Å². The lowest BCUT2D eigenvalue weighted by atomic mass is 10.1. The van der Waals surface area contributed by atoms with Gasteiger partial charge in [-0.1, -0.05) is 0 Å². The van der Waals surface area contributed by atoms with Crippen LogP contribution in [-0.2, 0) is 0 Å². The zero-order chi connectivity index (χ0) is 14.9. The minimum absolute atomic E-state index is 0.110. The maximum absolute atomic E-state index is 12.0. The van der Waals surface area contributed by atoms with Crippen molar-refractivity contribution < 1.29 is 19.7 Å². The van der Waals surface area contributed by atoms with E-state index in [0.717, 1.165) is 0 Å². The summed E-state index contributed by atoms with van der Waals surface area (Å²) < 4.78 is 5.55. The minimum Gasteiger partial charge on any atom is -0.512 e. The van der Waals surface area contributed by atoms with Gasteiger partial charge in [0, 0.05) is 11.6 Å². The van der Waals surface area contributed by atoms with E-state index >= 15 is 0 Å². The van der Waals surface area contributed by atoms with Crippen molar-refractivity contribution in [2.45, 2.75) is 13.8 Å². The lowest BCUT2D eigenvalue weighted by Gasteiger charge is -2.03. The Balaban J connectivity index is 2.79. The molecule has 5 nitrogen and oxygen atoms in total. The number of phenols is 2. The second kappa shape index (κ2) is 5.13. The van der Waals surface area contributed by atoms with Gasteiger partial charge in [-0.3, -0.25) is 4.79 Å². The molecular weight excluding hydrogens is 260 g/mol. The first-order chi connectivity index (χ1) is 9.43. The van der Waals surface area contributed by atoms with E-state index < -0.39 is 0 Å². The predicted octanol–water partition coefficient (Wildman–Crippen LogP) is 1.20. The molecule has 0 radical (unpaired) electrons. The van der Waals surface area contributed by atoms with Crippen LogP contribution >= 0.6 is 0 Å². The summed E-state index contributed by atoms with van der Waals surface area (Å²) in [5.74, 6) is -0.439. The van der Waals surface area contributed by atoms with Crippen LogP contribution in [0.5, 0.6) is 11.5 Å². The molecule has 1 heterocycles. The van der Waals surface area contributed by atoms with Gasteiger partial charge in [-0.25, -0.2) is 0 Å². The van der Waals surface area contributed by atoms with Crippen molar-refractivity contribution >= 4 is 11.8 Å². The highest BCUT2D eigenvalue weighted by Crippen LogP contribution is 2.29. The Hall–Kier alpha value is -2.69. The van der Waals surface area contributed by atoms with Gasteiger partial charge in [-0.2, -0.15) is 0 Å². The quantitative estimate of drug-likeness (QED) is 0.680. The van der Waals surface area contributed by atoms with Crippen LogP contribution in [0, 0.1) is 0 Å². The zero-order valence-electron chi connectivity index (χ0n) is 11.0. The standard InChI is InChI=1S/C15H14O5/c1-3-13-15(8(2)16)12(19)7-14(20-13)9-4-5-10(17)11(18)6-9/h3-7,16-18H,1-2H3/b13-3+,15-8+. The zero-order valence-corrected chi connectivity index (χ0v) is 11.0. The molecule has 0 aliphatic rings. The Morgan fingerprint density at radius 1 is 1.20 bits per heavy atom. The predicted molar refractivity (Wildman–Crippen MR) is 74.8 cm³/mol. The van der Waals surface area contributed by atoms with E-state index in [-0.39, 0.29) is 39.1 Å². The van der Waals surface area contributed by atoms with E-state index in [4.69, 9.17) is 4.42 Å². The average molecular weight is 274 g/mol. The molecule has 0 spiro atoms. The van der Waals surface area contributed by atoms with Gasteiger partial charge in [0.15, 0.2) is 16.9 Å². The monoisotopic (exact) mass is 274 g/mol. The second-order valence-electron chi connectivity index (χ2n) is 4.29. The van der Waals surface area contributed by atoms with Gasteiger partial charge in [0.1, 0.15) is 22.2 Å². The molecule has 0 aliphatic heterocycles. The summed E-state index contributed by atoms with van der Waals surface area (Å²) in [7, 11) is 0. The molecule has 5 heteroatoms. The highest BCUT2D eigenvalue weighted by Gasteiger charge is 2.08. The molecule has 3 N–H and O–H groups in total. The van der Waals surface area contributed by atoms with Gasteiger partial charge in [-0.15, -0.1) is 0 Å². The molecule has 0 amide bonds. The fraction of sp³-hybridized carbons (Fsp3) is 0.133. The van der Waals surface area contributed by atoms with E-state index in [1.807, 2.05) is 0 Å². The summed E-state index contributed by atoms with van der Waals surface area (Å²) in [6, 6.07) is 5.34. The molecule has 0 unspecified atom stereocenters. The Morgan fingerprint density at radius 3 is 2.45 bits per heavy atom. The van der Waals surface area contributed by atoms with Crippen LogP contribution in [0.15, 0.2) is 33.5 Å². The number of aliphatic hydroxyl groups excluding tert-OH is 1. The third-order valence-electron chi connectivity index (χ3n) is 2.86. The van der Waals surface area contributed by atoms with Crippen molar-refractivity contribution in [1.82, 2.24) is 0 Å². The largest absolute Gasteiger partial charge is 0.512 e. The van der Waals surface area contributed by atoms with Crippen LogP contribution in [0.25, 0.3) is 23.2 Å². The Morgan fingerprint density at radius 2 is 1.90 bits per heavy atom. The Kier molecular flexibility index (Phi) is 3.52. The number of benzene rings is 1. The van der Waals surface area contributed by atoms with Crippen LogP contribution in [0.3, 0.4) is 0 Å². The minimum atomic E-state index is -0.382. The molecular formula is C15H14O5. The molecule has 2 rings (SSSR count). The average Bonchev–Trinajstić information content (AvgIpc) is 2.40. The highest BCUT2D eigenvalue weighted by molar-refractivity contribution is 5.62. The number of hydrogen-bond acceptors (Lipinski definition) is 5. The summed E-state index contributed by atoms with van der Waals surface area (Å²) in [4.78, 5) is 12.0. The van der Waals surface area contributed by atoms with Gasteiger partial charge >= 0.3 is 0 Å². The molecule has 0 saturated carbocycles. The van der Waals surface area contributed by atoms with Crippen LogP contribution in [-0.4, -0.2) is 15.3 Å². The fourth-order valence-corrected chi connectivity index (χ4v) is 1.89. The molecule has 1 aromatic carbocycles. The second-order valence-corrected chi connectivity index (χ2v) is 4.29. The first-order valence-electron chi connectivity index (χ1n) is 5.96. The van der Waals surface area contributed by atoms with Crippen molar-refractivity contribution in [1.29, 1.82) is 0 Å². The molecule has 104 valence electrons. The Bertz CT molecular complexity index is 826. The van der Waals surface area contributed by atoms with Crippen LogP contribution < -0.4 is 16.1 Å². The molecule has 0 atom stereocenters. The number of hydrogen-bond donors (Lipinski definition) is 3. The summed E-state index contributed by atoms with van der Waals surface area (Å²) in [5, 5.41) is 28.4. The topological polar surface area (TPSA) is 90.9 Å². The van der Waals surface area contributed by atoms with Gasteiger partial charge in [-0.05, 0) is 38.1 Å². The van der Waals surface area contributed by atoms with E-state index in [1.54, 1.807) is 13.0 Å². The fourth-order valence-electron chi connectivity index (χ4n) is 1.89. The van der Waals surface area contributed by atoms with Crippen LogP contribution in [0.4, 0.5) is 0 Å². The van der Waals surface area contributed by atoms with Crippen molar-refractivity contribution in [2.24, 2.45) is 0 Å². The molecule has 0 bridgehead atoms. The molecule has 0 fully saturated rings. The van der Waals surface area contributed by atoms with E-state index in [0.29, 0.717) is 5.56 Å².